The topological polar surface area (TPSA) is 46.9 Å². The standard InChI is InChI=1S/C28H25N3O/c1-19-14-16-22(17-15-19)28(32)29-20(2)27-30-25-12-5-6-13-26(25)31(27)18-23-10-7-9-21-8-3-4-11-24(21)23/h3-17,20H,18H2,1-2H3,(H,29,32). The predicted octanol–water partition coefficient (Wildman–Crippen LogP) is 6.04. The van der Waals surface area contributed by atoms with Gasteiger partial charge in [-0.3, -0.25) is 4.79 Å². The number of carbonyl (C=O) groups excluding carboxylic acids is 1. The number of aromatic nitrogens is 2. The summed E-state index contributed by atoms with van der Waals surface area (Å²) in [6.07, 6.45) is 0. The number of benzene rings is 4. The van der Waals surface area contributed by atoms with Crippen LogP contribution in [0.15, 0.2) is 91.0 Å². The van der Waals surface area contributed by atoms with Gasteiger partial charge in [0.25, 0.3) is 5.91 Å². The van der Waals surface area contributed by atoms with E-state index in [2.05, 4.69) is 58.4 Å². The van der Waals surface area contributed by atoms with Gasteiger partial charge in [0.05, 0.1) is 23.6 Å². The Labute approximate surface area is 187 Å². The molecule has 4 heteroatoms. The highest BCUT2D eigenvalue weighted by molar-refractivity contribution is 5.94. The Balaban J connectivity index is 1.53. The van der Waals surface area contributed by atoms with E-state index < -0.39 is 0 Å². The number of para-hydroxylation sites is 2. The van der Waals surface area contributed by atoms with E-state index in [9.17, 15) is 4.79 Å². The molecule has 0 aliphatic carbocycles. The van der Waals surface area contributed by atoms with E-state index >= 15 is 0 Å². The zero-order valence-corrected chi connectivity index (χ0v) is 18.2. The van der Waals surface area contributed by atoms with Crippen molar-refractivity contribution in [2.24, 2.45) is 0 Å². The van der Waals surface area contributed by atoms with Gasteiger partial charge < -0.3 is 9.88 Å². The molecule has 1 atom stereocenters. The minimum absolute atomic E-state index is 0.0960. The van der Waals surface area contributed by atoms with Gasteiger partial charge in [-0.05, 0) is 54.4 Å². The summed E-state index contributed by atoms with van der Waals surface area (Å²) < 4.78 is 2.22. The number of aryl methyl sites for hydroxylation is 1. The van der Waals surface area contributed by atoms with Crippen LogP contribution >= 0.6 is 0 Å². The van der Waals surface area contributed by atoms with Gasteiger partial charge in [0.15, 0.2) is 0 Å². The summed E-state index contributed by atoms with van der Waals surface area (Å²) in [7, 11) is 0. The molecule has 32 heavy (non-hydrogen) atoms. The van der Waals surface area contributed by atoms with Gasteiger partial charge in [-0.1, -0.05) is 72.3 Å². The maximum Gasteiger partial charge on any atom is 0.251 e. The Hall–Kier alpha value is -3.92. The fourth-order valence-electron chi connectivity index (χ4n) is 4.24. The monoisotopic (exact) mass is 419 g/mol. The highest BCUT2D eigenvalue weighted by atomic mass is 16.1. The second kappa shape index (κ2) is 8.31. The lowest BCUT2D eigenvalue weighted by atomic mass is 10.0. The third-order valence-corrected chi connectivity index (χ3v) is 5.94. The molecule has 4 nitrogen and oxygen atoms in total. The fraction of sp³-hybridized carbons (Fsp3) is 0.143. The number of hydrogen-bond donors (Lipinski definition) is 1. The van der Waals surface area contributed by atoms with E-state index in [1.165, 1.54) is 16.3 Å². The highest BCUT2D eigenvalue weighted by Crippen LogP contribution is 2.25. The molecule has 1 heterocycles. The predicted molar refractivity (Wildman–Crippen MR) is 130 cm³/mol. The highest BCUT2D eigenvalue weighted by Gasteiger charge is 2.19. The third-order valence-electron chi connectivity index (χ3n) is 5.94. The molecule has 0 radical (unpaired) electrons. The smallest absolute Gasteiger partial charge is 0.251 e. The molecule has 0 saturated heterocycles. The number of nitrogens with zero attached hydrogens (tertiary/aromatic N) is 2. The molecule has 5 aromatic rings. The molecule has 1 aromatic heterocycles. The minimum Gasteiger partial charge on any atom is -0.342 e. The van der Waals surface area contributed by atoms with Crippen LogP contribution in [0.25, 0.3) is 21.8 Å². The van der Waals surface area contributed by atoms with Crippen molar-refractivity contribution in [3.8, 4) is 0 Å². The van der Waals surface area contributed by atoms with E-state index in [-0.39, 0.29) is 11.9 Å². The Morgan fingerprint density at radius 3 is 2.47 bits per heavy atom. The lowest BCUT2D eigenvalue weighted by molar-refractivity contribution is 0.0938. The zero-order chi connectivity index (χ0) is 22.1. The minimum atomic E-state index is -0.244. The van der Waals surface area contributed by atoms with Crippen molar-refractivity contribution in [3.63, 3.8) is 0 Å². The molecule has 0 spiro atoms. The number of carbonyl (C=O) groups is 1. The van der Waals surface area contributed by atoms with Gasteiger partial charge in [-0.25, -0.2) is 4.98 Å². The quantitative estimate of drug-likeness (QED) is 0.378. The van der Waals surface area contributed by atoms with Gasteiger partial charge in [0.2, 0.25) is 0 Å². The molecule has 1 amide bonds. The number of nitrogens with one attached hydrogen (secondary N) is 1. The molecule has 0 fully saturated rings. The Kier molecular flexibility index (Phi) is 5.20. The maximum absolute atomic E-state index is 12.9. The average Bonchev–Trinajstić information content (AvgIpc) is 3.18. The van der Waals surface area contributed by atoms with Crippen molar-refractivity contribution >= 4 is 27.7 Å². The summed E-state index contributed by atoms with van der Waals surface area (Å²) >= 11 is 0. The van der Waals surface area contributed by atoms with Crippen molar-refractivity contribution in [1.29, 1.82) is 0 Å². The molecular weight excluding hydrogens is 394 g/mol. The van der Waals surface area contributed by atoms with Gasteiger partial charge in [-0.15, -0.1) is 0 Å². The second-order valence-corrected chi connectivity index (χ2v) is 8.24. The largest absolute Gasteiger partial charge is 0.342 e. The van der Waals surface area contributed by atoms with Crippen LogP contribution in [-0.2, 0) is 6.54 Å². The lowest BCUT2D eigenvalue weighted by Gasteiger charge is -2.17. The molecular formula is C28H25N3O. The van der Waals surface area contributed by atoms with E-state index in [0.717, 1.165) is 22.4 Å². The van der Waals surface area contributed by atoms with Gasteiger partial charge in [-0.2, -0.15) is 0 Å². The molecule has 158 valence electrons. The van der Waals surface area contributed by atoms with Crippen molar-refractivity contribution in [2.75, 3.05) is 0 Å². The van der Waals surface area contributed by atoms with Crippen molar-refractivity contribution in [2.45, 2.75) is 26.4 Å². The molecule has 1 unspecified atom stereocenters. The summed E-state index contributed by atoms with van der Waals surface area (Å²) in [5, 5.41) is 5.58. The van der Waals surface area contributed by atoms with E-state index in [0.29, 0.717) is 12.1 Å². The Bertz CT molecular complexity index is 1410. The maximum atomic E-state index is 12.9. The van der Waals surface area contributed by atoms with Gasteiger partial charge in [0, 0.05) is 5.56 Å². The molecule has 0 aliphatic heterocycles. The van der Waals surface area contributed by atoms with Crippen molar-refractivity contribution < 1.29 is 4.79 Å². The first-order valence-corrected chi connectivity index (χ1v) is 10.9. The molecule has 5 rings (SSSR count). The van der Waals surface area contributed by atoms with Crippen LogP contribution in [0.4, 0.5) is 0 Å². The fourth-order valence-corrected chi connectivity index (χ4v) is 4.24. The first-order valence-electron chi connectivity index (χ1n) is 10.9. The molecule has 0 aliphatic rings. The Morgan fingerprint density at radius 2 is 1.62 bits per heavy atom. The van der Waals surface area contributed by atoms with Crippen LogP contribution in [0.1, 0.15) is 40.3 Å². The first kappa shape index (κ1) is 20.0. The van der Waals surface area contributed by atoms with E-state index in [1.807, 2.05) is 56.3 Å². The van der Waals surface area contributed by atoms with Crippen LogP contribution in [0.5, 0.6) is 0 Å². The molecule has 0 saturated carbocycles. The normalized spacial score (nSPS) is 12.2. The number of imidazole rings is 1. The first-order chi connectivity index (χ1) is 15.6. The summed E-state index contributed by atoms with van der Waals surface area (Å²) in [5.41, 5.74) is 5.00. The summed E-state index contributed by atoms with van der Waals surface area (Å²) in [6, 6.07) is 30.3. The van der Waals surface area contributed by atoms with Crippen LogP contribution < -0.4 is 5.32 Å². The number of amides is 1. The second-order valence-electron chi connectivity index (χ2n) is 8.24. The summed E-state index contributed by atoms with van der Waals surface area (Å²) in [6.45, 7) is 4.69. The van der Waals surface area contributed by atoms with Crippen molar-refractivity contribution in [1.82, 2.24) is 14.9 Å². The molecule has 1 N–H and O–H groups in total. The number of hydrogen-bond acceptors (Lipinski definition) is 2. The van der Waals surface area contributed by atoms with Crippen LogP contribution in [0, 0.1) is 6.92 Å². The SMILES string of the molecule is Cc1ccc(C(=O)NC(C)c2nc3ccccc3n2Cc2cccc3ccccc23)cc1. The van der Waals surface area contributed by atoms with Gasteiger partial charge >= 0.3 is 0 Å². The van der Waals surface area contributed by atoms with Gasteiger partial charge in [0.1, 0.15) is 5.82 Å². The summed E-state index contributed by atoms with van der Waals surface area (Å²) in [5.74, 6) is 0.751. The van der Waals surface area contributed by atoms with Crippen molar-refractivity contribution in [3.05, 3.63) is 114 Å². The van der Waals surface area contributed by atoms with Crippen LogP contribution in [-0.4, -0.2) is 15.5 Å². The van der Waals surface area contributed by atoms with Crippen LogP contribution in [0.2, 0.25) is 0 Å². The van der Waals surface area contributed by atoms with Crippen LogP contribution in [0.3, 0.4) is 0 Å². The molecule has 4 aromatic carbocycles. The lowest BCUT2D eigenvalue weighted by Crippen LogP contribution is -2.28. The third kappa shape index (κ3) is 3.76. The average molecular weight is 420 g/mol. The van der Waals surface area contributed by atoms with E-state index in [4.69, 9.17) is 4.98 Å². The number of fused-ring (bicyclic) bond motifs is 2. The Morgan fingerprint density at radius 1 is 0.906 bits per heavy atom. The van der Waals surface area contributed by atoms with E-state index in [1.54, 1.807) is 0 Å². The zero-order valence-electron chi connectivity index (χ0n) is 18.2. The summed E-state index contributed by atoms with van der Waals surface area (Å²) in [4.78, 5) is 17.7. The molecule has 0 bridgehead atoms. The number of rotatable bonds is 5.